The highest BCUT2D eigenvalue weighted by molar-refractivity contribution is 5.89. The second-order valence-electron chi connectivity index (χ2n) is 5.91. The van der Waals surface area contributed by atoms with Crippen LogP contribution in [0, 0.1) is 5.92 Å². The molecule has 1 fully saturated rings. The third kappa shape index (κ3) is 3.17. The van der Waals surface area contributed by atoms with Crippen LogP contribution in [0.5, 0.6) is 0 Å². The molecular weight excluding hydrogens is 276 g/mol. The quantitative estimate of drug-likeness (QED) is 0.888. The lowest BCUT2D eigenvalue weighted by Crippen LogP contribution is -2.27. The zero-order valence-corrected chi connectivity index (χ0v) is 12.6. The van der Waals surface area contributed by atoms with E-state index in [2.05, 4.69) is 23.0 Å². The Balaban J connectivity index is 1.83. The molecule has 0 saturated heterocycles. The second kappa shape index (κ2) is 6.28. The minimum absolute atomic E-state index is 0.253. The maximum Gasteiger partial charge on any atom is 0.336 e. The molecule has 0 radical (unpaired) electrons. The lowest BCUT2D eigenvalue weighted by Gasteiger charge is -2.28. The highest BCUT2D eigenvalue weighted by Gasteiger charge is 2.36. The molecule has 1 aliphatic carbocycles. The van der Waals surface area contributed by atoms with Gasteiger partial charge in [0.1, 0.15) is 0 Å². The smallest absolute Gasteiger partial charge is 0.336 e. The number of benzene rings is 1. The fourth-order valence-electron chi connectivity index (χ4n) is 3.02. The minimum atomic E-state index is -0.871. The highest BCUT2D eigenvalue weighted by Crippen LogP contribution is 2.43. The molecule has 0 unspecified atom stereocenters. The van der Waals surface area contributed by atoms with Gasteiger partial charge in [0.2, 0.25) is 0 Å². The molecule has 0 amide bonds. The summed E-state index contributed by atoms with van der Waals surface area (Å²) in [5.74, 6) is -0.248. The summed E-state index contributed by atoms with van der Waals surface area (Å²) in [5.41, 5.74) is 2.30. The molecule has 22 heavy (non-hydrogen) atoms. The molecule has 1 aromatic carbocycles. The molecule has 114 valence electrons. The summed E-state index contributed by atoms with van der Waals surface area (Å²) < 4.78 is 0. The predicted molar refractivity (Wildman–Crippen MR) is 84.6 cm³/mol. The van der Waals surface area contributed by atoms with Crippen molar-refractivity contribution in [3.05, 3.63) is 65.5 Å². The molecule has 1 atom stereocenters. The van der Waals surface area contributed by atoms with E-state index >= 15 is 0 Å². The number of aromatic nitrogens is 1. The average molecular weight is 296 g/mol. The fourth-order valence-corrected chi connectivity index (χ4v) is 3.02. The molecule has 1 heterocycles. The first-order valence-corrected chi connectivity index (χ1v) is 7.59. The number of nitrogens with zero attached hydrogens (tertiary/aromatic N) is 2. The van der Waals surface area contributed by atoms with E-state index in [1.54, 1.807) is 12.1 Å². The van der Waals surface area contributed by atoms with E-state index in [-0.39, 0.29) is 6.04 Å². The first-order chi connectivity index (χ1) is 10.7. The van der Waals surface area contributed by atoms with Gasteiger partial charge in [-0.3, -0.25) is 9.88 Å². The first-order valence-electron chi connectivity index (χ1n) is 7.59. The van der Waals surface area contributed by atoms with Crippen LogP contribution in [0.2, 0.25) is 0 Å². The molecule has 1 N–H and O–H groups in total. The van der Waals surface area contributed by atoms with Crippen LogP contribution in [0.4, 0.5) is 0 Å². The van der Waals surface area contributed by atoms with E-state index < -0.39 is 5.97 Å². The Kier molecular flexibility index (Phi) is 4.20. The van der Waals surface area contributed by atoms with Crippen LogP contribution in [-0.2, 0) is 6.54 Å². The lowest BCUT2D eigenvalue weighted by molar-refractivity contribution is 0.0694. The van der Waals surface area contributed by atoms with E-state index in [1.165, 1.54) is 12.8 Å². The number of pyridine rings is 1. The van der Waals surface area contributed by atoms with Crippen molar-refractivity contribution in [2.24, 2.45) is 5.92 Å². The van der Waals surface area contributed by atoms with E-state index in [0.717, 1.165) is 11.3 Å². The number of rotatable bonds is 6. The van der Waals surface area contributed by atoms with Crippen LogP contribution in [0.1, 0.15) is 40.5 Å². The third-order valence-corrected chi connectivity index (χ3v) is 4.20. The molecule has 1 aromatic heterocycles. The Hall–Kier alpha value is -2.20. The van der Waals surface area contributed by atoms with Gasteiger partial charge in [0, 0.05) is 12.7 Å². The average Bonchev–Trinajstić information content (AvgIpc) is 3.33. The molecule has 0 spiro atoms. The van der Waals surface area contributed by atoms with Gasteiger partial charge in [0.25, 0.3) is 0 Å². The second-order valence-corrected chi connectivity index (χ2v) is 5.91. The van der Waals surface area contributed by atoms with Crippen LogP contribution >= 0.6 is 0 Å². The molecular formula is C18H20N2O2. The molecule has 2 aromatic rings. The van der Waals surface area contributed by atoms with Gasteiger partial charge in [-0.1, -0.05) is 24.3 Å². The summed E-state index contributed by atoms with van der Waals surface area (Å²) in [5, 5.41) is 9.32. The topological polar surface area (TPSA) is 53.4 Å². The summed E-state index contributed by atoms with van der Waals surface area (Å²) in [6.45, 7) is 0.611. The SMILES string of the molecule is CN(Cc1ccccc1C(=O)O)[C@H](c1ccccn1)C1CC1. The van der Waals surface area contributed by atoms with Crippen molar-refractivity contribution in [3.63, 3.8) is 0 Å². The van der Waals surface area contributed by atoms with Crippen LogP contribution in [0.25, 0.3) is 0 Å². The van der Waals surface area contributed by atoms with Crippen LogP contribution in [0.15, 0.2) is 48.7 Å². The van der Waals surface area contributed by atoms with Crippen molar-refractivity contribution >= 4 is 5.97 Å². The van der Waals surface area contributed by atoms with Crippen LogP contribution in [0.3, 0.4) is 0 Å². The zero-order valence-electron chi connectivity index (χ0n) is 12.6. The van der Waals surface area contributed by atoms with Gasteiger partial charge in [0.05, 0.1) is 17.3 Å². The monoisotopic (exact) mass is 296 g/mol. The van der Waals surface area contributed by atoms with Crippen molar-refractivity contribution in [3.8, 4) is 0 Å². The number of hydrogen-bond donors (Lipinski definition) is 1. The number of carboxylic acids is 1. The Morgan fingerprint density at radius 3 is 2.64 bits per heavy atom. The van der Waals surface area contributed by atoms with E-state index in [1.807, 2.05) is 30.5 Å². The van der Waals surface area contributed by atoms with Crippen LogP contribution < -0.4 is 0 Å². The van der Waals surface area contributed by atoms with Gasteiger partial charge in [-0.15, -0.1) is 0 Å². The maximum absolute atomic E-state index is 11.4. The molecule has 1 aliphatic rings. The van der Waals surface area contributed by atoms with Gasteiger partial charge in [-0.05, 0) is 49.6 Å². The Morgan fingerprint density at radius 1 is 1.27 bits per heavy atom. The van der Waals surface area contributed by atoms with Crippen molar-refractivity contribution in [2.45, 2.75) is 25.4 Å². The summed E-state index contributed by atoms with van der Waals surface area (Å²) in [7, 11) is 2.05. The van der Waals surface area contributed by atoms with Gasteiger partial charge in [-0.2, -0.15) is 0 Å². The Labute approximate surface area is 130 Å². The summed E-state index contributed by atoms with van der Waals surface area (Å²) in [6, 6.07) is 13.5. The maximum atomic E-state index is 11.4. The van der Waals surface area contributed by atoms with Crippen molar-refractivity contribution in [1.82, 2.24) is 9.88 Å². The van der Waals surface area contributed by atoms with E-state index in [9.17, 15) is 9.90 Å². The van der Waals surface area contributed by atoms with Gasteiger partial charge in [-0.25, -0.2) is 4.79 Å². The fraction of sp³-hybridized carbons (Fsp3) is 0.333. The Morgan fingerprint density at radius 2 is 2.00 bits per heavy atom. The van der Waals surface area contributed by atoms with Crippen molar-refractivity contribution in [1.29, 1.82) is 0 Å². The normalized spacial score (nSPS) is 15.7. The first kappa shape index (κ1) is 14.7. The van der Waals surface area contributed by atoms with E-state index in [4.69, 9.17) is 0 Å². The number of carbonyl (C=O) groups is 1. The largest absolute Gasteiger partial charge is 0.478 e. The molecule has 3 rings (SSSR count). The standard InChI is InChI=1S/C18H20N2O2/c1-20(12-14-6-2-3-7-15(14)18(21)22)17(13-9-10-13)16-8-4-5-11-19-16/h2-8,11,13,17H,9-10,12H2,1H3,(H,21,22)/t17-/m0/s1. The number of hydrogen-bond acceptors (Lipinski definition) is 3. The lowest BCUT2D eigenvalue weighted by atomic mass is 10.0. The van der Waals surface area contributed by atoms with Crippen molar-refractivity contribution in [2.75, 3.05) is 7.05 Å². The van der Waals surface area contributed by atoms with Gasteiger partial charge in [0.15, 0.2) is 0 Å². The minimum Gasteiger partial charge on any atom is -0.478 e. The van der Waals surface area contributed by atoms with Crippen molar-refractivity contribution < 1.29 is 9.90 Å². The molecule has 0 bridgehead atoms. The molecule has 4 nitrogen and oxygen atoms in total. The van der Waals surface area contributed by atoms with Gasteiger partial charge < -0.3 is 5.11 Å². The number of aromatic carboxylic acids is 1. The Bertz CT molecular complexity index is 653. The number of carboxylic acid groups (broad SMARTS) is 1. The summed E-state index contributed by atoms with van der Waals surface area (Å²) in [6.07, 6.45) is 4.25. The highest BCUT2D eigenvalue weighted by atomic mass is 16.4. The summed E-state index contributed by atoms with van der Waals surface area (Å²) in [4.78, 5) is 18.1. The zero-order chi connectivity index (χ0) is 15.5. The summed E-state index contributed by atoms with van der Waals surface area (Å²) >= 11 is 0. The molecule has 4 heteroatoms. The third-order valence-electron chi connectivity index (χ3n) is 4.20. The molecule has 1 saturated carbocycles. The van der Waals surface area contributed by atoms with Gasteiger partial charge >= 0.3 is 5.97 Å². The predicted octanol–water partition coefficient (Wildman–Crippen LogP) is 3.36. The van der Waals surface area contributed by atoms with Crippen LogP contribution in [-0.4, -0.2) is 28.0 Å². The molecule has 0 aliphatic heterocycles. The van der Waals surface area contributed by atoms with E-state index in [0.29, 0.717) is 18.0 Å².